The molecule has 0 spiro atoms. The Morgan fingerprint density at radius 2 is 1.91 bits per heavy atom. The molecule has 1 aliphatic carbocycles. The number of carbonyl (C=O) groups is 1. The first-order chi connectivity index (χ1) is 11.1. The second kappa shape index (κ2) is 8.92. The highest BCUT2D eigenvalue weighted by Gasteiger charge is 2.23. The summed E-state index contributed by atoms with van der Waals surface area (Å²) in [5.41, 5.74) is 0.597. The Hall–Kier alpha value is -1.55. The van der Waals surface area contributed by atoms with E-state index in [0.717, 1.165) is 25.0 Å². The molecule has 4 heteroatoms. The van der Waals surface area contributed by atoms with Crippen LogP contribution in [0.3, 0.4) is 0 Å². The third-order valence-electron chi connectivity index (χ3n) is 4.50. The van der Waals surface area contributed by atoms with Crippen LogP contribution in [0.5, 0.6) is 5.75 Å². The van der Waals surface area contributed by atoms with Crippen LogP contribution >= 0.6 is 0 Å². The van der Waals surface area contributed by atoms with Gasteiger partial charge in [-0.1, -0.05) is 26.7 Å². The molecule has 0 heterocycles. The largest absolute Gasteiger partial charge is 0.494 e. The van der Waals surface area contributed by atoms with Crippen molar-refractivity contribution in [2.24, 2.45) is 11.8 Å². The molecule has 1 amide bonds. The third kappa shape index (κ3) is 5.87. The summed E-state index contributed by atoms with van der Waals surface area (Å²) in [5.74, 6) is 1.60. The fourth-order valence-corrected chi connectivity index (χ4v) is 2.92. The van der Waals surface area contributed by atoms with Gasteiger partial charge in [0, 0.05) is 12.1 Å². The number of hydrogen-bond acceptors (Lipinski definition) is 3. The lowest BCUT2D eigenvalue weighted by atomic mass is 10.0. The van der Waals surface area contributed by atoms with Crippen molar-refractivity contribution >= 4 is 5.91 Å². The first-order valence-corrected chi connectivity index (χ1v) is 8.75. The van der Waals surface area contributed by atoms with E-state index in [1.165, 1.54) is 12.8 Å². The molecule has 1 aromatic rings. The van der Waals surface area contributed by atoms with Gasteiger partial charge in [0.1, 0.15) is 5.75 Å². The standard InChI is InChI=1S/C19H29NO3/c1-14(2)11-12-23-17-9-7-16(8-10-17)19(22)20-13-18(21)15-5-3-4-6-15/h7-10,14-15,18,21H,3-6,11-13H2,1-2H3,(H,20,22). The van der Waals surface area contributed by atoms with Crippen LogP contribution in [0.4, 0.5) is 0 Å². The van der Waals surface area contributed by atoms with Crippen molar-refractivity contribution < 1.29 is 14.6 Å². The minimum atomic E-state index is -0.430. The van der Waals surface area contributed by atoms with Crippen LogP contribution in [0.2, 0.25) is 0 Å². The van der Waals surface area contributed by atoms with E-state index in [2.05, 4.69) is 19.2 Å². The van der Waals surface area contributed by atoms with Crippen LogP contribution < -0.4 is 10.1 Å². The van der Waals surface area contributed by atoms with Gasteiger partial charge in [0.15, 0.2) is 0 Å². The molecule has 0 radical (unpaired) electrons. The minimum absolute atomic E-state index is 0.143. The second-order valence-electron chi connectivity index (χ2n) is 6.88. The highest BCUT2D eigenvalue weighted by molar-refractivity contribution is 5.94. The van der Waals surface area contributed by atoms with Crippen molar-refractivity contribution in [1.82, 2.24) is 5.32 Å². The molecule has 0 saturated heterocycles. The Labute approximate surface area is 139 Å². The minimum Gasteiger partial charge on any atom is -0.494 e. The molecule has 1 fully saturated rings. The van der Waals surface area contributed by atoms with E-state index in [4.69, 9.17) is 4.74 Å². The van der Waals surface area contributed by atoms with Crippen molar-refractivity contribution in [3.63, 3.8) is 0 Å². The smallest absolute Gasteiger partial charge is 0.251 e. The van der Waals surface area contributed by atoms with Crippen LogP contribution in [-0.4, -0.2) is 30.3 Å². The normalized spacial score (nSPS) is 16.5. The van der Waals surface area contributed by atoms with Crippen LogP contribution in [0, 0.1) is 11.8 Å². The van der Waals surface area contributed by atoms with Gasteiger partial charge >= 0.3 is 0 Å². The molecule has 0 bridgehead atoms. The molecule has 1 aromatic carbocycles. The predicted octanol–water partition coefficient (Wildman–Crippen LogP) is 3.39. The molecular weight excluding hydrogens is 290 g/mol. The summed E-state index contributed by atoms with van der Waals surface area (Å²) >= 11 is 0. The summed E-state index contributed by atoms with van der Waals surface area (Å²) in [5, 5.41) is 12.9. The number of benzene rings is 1. The lowest BCUT2D eigenvalue weighted by Crippen LogP contribution is -2.35. The van der Waals surface area contributed by atoms with Crippen molar-refractivity contribution in [2.75, 3.05) is 13.2 Å². The average Bonchev–Trinajstić information content (AvgIpc) is 3.07. The molecule has 128 valence electrons. The molecule has 0 aliphatic heterocycles. The maximum atomic E-state index is 12.1. The zero-order chi connectivity index (χ0) is 16.7. The molecule has 2 rings (SSSR count). The van der Waals surface area contributed by atoms with E-state index in [1.54, 1.807) is 12.1 Å². The lowest BCUT2D eigenvalue weighted by molar-refractivity contribution is 0.0840. The summed E-state index contributed by atoms with van der Waals surface area (Å²) in [6, 6.07) is 7.18. The maximum absolute atomic E-state index is 12.1. The van der Waals surface area contributed by atoms with Gasteiger partial charge in [0.05, 0.1) is 12.7 Å². The topological polar surface area (TPSA) is 58.6 Å². The number of amides is 1. The van der Waals surface area contributed by atoms with Gasteiger partial charge in [-0.15, -0.1) is 0 Å². The number of nitrogens with one attached hydrogen (secondary N) is 1. The van der Waals surface area contributed by atoms with Gasteiger partial charge in [-0.05, 0) is 55.4 Å². The van der Waals surface area contributed by atoms with E-state index in [1.807, 2.05) is 12.1 Å². The molecule has 1 unspecified atom stereocenters. The summed E-state index contributed by atoms with van der Waals surface area (Å²) in [4.78, 5) is 12.1. The van der Waals surface area contributed by atoms with E-state index in [-0.39, 0.29) is 5.91 Å². The van der Waals surface area contributed by atoms with Gasteiger partial charge < -0.3 is 15.2 Å². The molecule has 2 N–H and O–H groups in total. The summed E-state index contributed by atoms with van der Waals surface area (Å²) in [6.45, 7) is 5.35. The zero-order valence-electron chi connectivity index (χ0n) is 14.3. The van der Waals surface area contributed by atoms with E-state index >= 15 is 0 Å². The summed E-state index contributed by atoms with van der Waals surface area (Å²) in [6.07, 6.45) is 5.10. The van der Waals surface area contributed by atoms with Crippen molar-refractivity contribution in [3.05, 3.63) is 29.8 Å². The Kier molecular flexibility index (Phi) is 6.90. The van der Waals surface area contributed by atoms with Gasteiger partial charge in [0.2, 0.25) is 0 Å². The van der Waals surface area contributed by atoms with E-state index in [9.17, 15) is 9.90 Å². The fraction of sp³-hybridized carbons (Fsp3) is 0.632. The van der Waals surface area contributed by atoms with Crippen molar-refractivity contribution in [2.45, 2.75) is 52.1 Å². The quantitative estimate of drug-likeness (QED) is 0.772. The molecule has 23 heavy (non-hydrogen) atoms. The van der Waals surface area contributed by atoms with Gasteiger partial charge in [-0.3, -0.25) is 4.79 Å². The SMILES string of the molecule is CC(C)CCOc1ccc(C(=O)NCC(O)C2CCCC2)cc1. The molecule has 1 saturated carbocycles. The first kappa shape index (κ1) is 17.8. The number of aliphatic hydroxyl groups is 1. The van der Waals surface area contributed by atoms with Crippen LogP contribution in [0.1, 0.15) is 56.3 Å². The van der Waals surface area contributed by atoms with Crippen molar-refractivity contribution in [1.29, 1.82) is 0 Å². The predicted molar refractivity (Wildman–Crippen MR) is 91.7 cm³/mol. The fourth-order valence-electron chi connectivity index (χ4n) is 2.92. The number of rotatable bonds is 8. The Morgan fingerprint density at radius 1 is 1.26 bits per heavy atom. The maximum Gasteiger partial charge on any atom is 0.251 e. The molecule has 1 aliphatic rings. The molecular formula is C19H29NO3. The van der Waals surface area contributed by atoms with Gasteiger partial charge in [0.25, 0.3) is 5.91 Å². The van der Waals surface area contributed by atoms with E-state index in [0.29, 0.717) is 30.6 Å². The van der Waals surface area contributed by atoms with Crippen LogP contribution in [-0.2, 0) is 0 Å². The monoisotopic (exact) mass is 319 g/mol. The van der Waals surface area contributed by atoms with Crippen LogP contribution in [0.25, 0.3) is 0 Å². The van der Waals surface area contributed by atoms with Gasteiger partial charge in [-0.2, -0.15) is 0 Å². The van der Waals surface area contributed by atoms with Gasteiger partial charge in [-0.25, -0.2) is 0 Å². The lowest BCUT2D eigenvalue weighted by Gasteiger charge is -2.18. The molecule has 1 atom stereocenters. The Morgan fingerprint density at radius 3 is 2.52 bits per heavy atom. The van der Waals surface area contributed by atoms with E-state index < -0.39 is 6.10 Å². The zero-order valence-corrected chi connectivity index (χ0v) is 14.3. The number of aliphatic hydroxyl groups excluding tert-OH is 1. The molecule has 0 aromatic heterocycles. The molecule has 4 nitrogen and oxygen atoms in total. The van der Waals surface area contributed by atoms with Crippen molar-refractivity contribution in [3.8, 4) is 5.75 Å². The average molecular weight is 319 g/mol. The second-order valence-corrected chi connectivity index (χ2v) is 6.88. The number of hydrogen-bond donors (Lipinski definition) is 2. The Bertz CT molecular complexity index is 478. The highest BCUT2D eigenvalue weighted by atomic mass is 16.5. The number of carbonyl (C=O) groups excluding carboxylic acids is 1. The summed E-state index contributed by atoms with van der Waals surface area (Å²) in [7, 11) is 0. The van der Waals surface area contributed by atoms with Crippen LogP contribution in [0.15, 0.2) is 24.3 Å². The Balaban J connectivity index is 1.75. The summed E-state index contributed by atoms with van der Waals surface area (Å²) < 4.78 is 5.65. The first-order valence-electron chi connectivity index (χ1n) is 8.75. The highest BCUT2D eigenvalue weighted by Crippen LogP contribution is 2.27. The number of ether oxygens (including phenoxy) is 1. The third-order valence-corrected chi connectivity index (χ3v) is 4.50.